The van der Waals surface area contributed by atoms with E-state index >= 15 is 0 Å². The highest BCUT2D eigenvalue weighted by molar-refractivity contribution is 6.52. The van der Waals surface area contributed by atoms with Crippen molar-refractivity contribution in [2.45, 2.75) is 27.2 Å². The predicted octanol–water partition coefficient (Wildman–Crippen LogP) is 1.61. The molecular formula is C16H22N2O3. The Kier molecular flexibility index (Phi) is 5.09. The minimum Gasteiger partial charge on any atom is -0.379 e. The molecule has 0 bridgehead atoms. The van der Waals surface area contributed by atoms with E-state index in [1.165, 1.54) is 0 Å². The molecule has 0 unspecified atom stereocenters. The SMILES string of the molecule is C1COCCN1.CCc1cc(C)c2c(c1C)C(=O)C(=O)N2. The van der Waals surface area contributed by atoms with Crippen molar-refractivity contribution in [3.8, 4) is 0 Å². The van der Waals surface area contributed by atoms with Crippen molar-refractivity contribution in [2.24, 2.45) is 0 Å². The minimum absolute atomic E-state index is 0.402. The number of ether oxygens (including phenoxy) is 1. The molecule has 1 saturated heterocycles. The van der Waals surface area contributed by atoms with E-state index in [-0.39, 0.29) is 0 Å². The lowest BCUT2D eigenvalue weighted by Gasteiger charge is -2.10. The first-order chi connectivity index (χ1) is 10.1. The first kappa shape index (κ1) is 15.7. The number of carbonyl (C=O) groups excluding carboxylic acids is 2. The first-order valence-electron chi connectivity index (χ1n) is 7.33. The van der Waals surface area contributed by atoms with Gasteiger partial charge in [-0.05, 0) is 37.0 Å². The highest BCUT2D eigenvalue weighted by Gasteiger charge is 2.31. The Morgan fingerprint density at radius 3 is 2.33 bits per heavy atom. The van der Waals surface area contributed by atoms with Gasteiger partial charge in [-0.1, -0.05) is 13.0 Å². The van der Waals surface area contributed by atoms with Crippen molar-refractivity contribution in [3.05, 3.63) is 28.3 Å². The maximum absolute atomic E-state index is 11.6. The summed E-state index contributed by atoms with van der Waals surface area (Å²) < 4.78 is 5.01. The number of anilines is 1. The van der Waals surface area contributed by atoms with Crippen LogP contribution in [0, 0.1) is 13.8 Å². The Morgan fingerprint density at radius 1 is 1.19 bits per heavy atom. The number of amides is 1. The van der Waals surface area contributed by atoms with E-state index in [1.54, 1.807) is 0 Å². The van der Waals surface area contributed by atoms with Crippen molar-refractivity contribution >= 4 is 17.4 Å². The molecule has 0 radical (unpaired) electrons. The van der Waals surface area contributed by atoms with Crippen LogP contribution in [0.3, 0.4) is 0 Å². The number of nitrogens with one attached hydrogen (secondary N) is 2. The topological polar surface area (TPSA) is 67.4 Å². The molecule has 114 valence electrons. The van der Waals surface area contributed by atoms with Gasteiger partial charge in [-0.15, -0.1) is 0 Å². The summed E-state index contributed by atoms with van der Waals surface area (Å²) in [7, 11) is 0. The third-order valence-electron chi connectivity index (χ3n) is 3.79. The van der Waals surface area contributed by atoms with Gasteiger partial charge < -0.3 is 15.4 Å². The van der Waals surface area contributed by atoms with Gasteiger partial charge in [0.1, 0.15) is 0 Å². The lowest BCUT2D eigenvalue weighted by atomic mass is 9.95. The quantitative estimate of drug-likeness (QED) is 0.771. The van der Waals surface area contributed by atoms with Gasteiger partial charge in [-0.2, -0.15) is 0 Å². The molecule has 0 aliphatic carbocycles. The van der Waals surface area contributed by atoms with E-state index in [4.69, 9.17) is 4.74 Å². The number of Topliss-reactive ketones (excluding diaryl/α,β-unsaturated/α-hetero) is 1. The van der Waals surface area contributed by atoms with Gasteiger partial charge in [0.15, 0.2) is 0 Å². The molecule has 0 saturated carbocycles. The van der Waals surface area contributed by atoms with Crippen molar-refractivity contribution in [3.63, 3.8) is 0 Å². The molecule has 1 fully saturated rings. The lowest BCUT2D eigenvalue weighted by Crippen LogP contribution is -2.30. The zero-order valence-corrected chi connectivity index (χ0v) is 12.8. The van der Waals surface area contributed by atoms with Crippen LogP contribution in [-0.4, -0.2) is 38.0 Å². The second-order valence-electron chi connectivity index (χ2n) is 5.23. The standard InChI is InChI=1S/C12H13NO2.C4H9NO/c1-4-8-5-6(2)10-9(7(8)3)11(14)12(15)13-10;1-3-6-4-2-5-1/h5H,4H2,1-3H3,(H,13,14,15);5H,1-4H2. The fourth-order valence-electron chi connectivity index (χ4n) is 2.60. The van der Waals surface area contributed by atoms with Crippen LogP contribution in [0.4, 0.5) is 5.69 Å². The molecule has 2 aliphatic heterocycles. The summed E-state index contributed by atoms with van der Waals surface area (Å²) in [5, 5.41) is 5.78. The van der Waals surface area contributed by atoms with Crippen LogP contribution in [0.2, 0.25) is 0 Å². The van der Waals surface area contributed by atoms with Gasteiger partial charge in [-0.3, -0.25) is 9.59 Å². The number of aryl methyl sites for hydroxylation is 2. The first-order valence-corrected chi connectivity index (χ1v) is 7.33. The summed E-state index contributed by atoms with van der Waals surface area (Å²) in [6.45, 7) is 9.69. The average Bonchev–Trinajstić information content (AvgIpc) is 2.82. The van der Waals surface area contributed by atoms with Crippen LogP contribution < -0.4 is 10.6 Å². The molecule has 5 heteroatoms. The molecule has 2 N–H and O–H groups in total. The van der Waals surface area contributed by atoms with Gasteiger partial charge >= 0.3 is 0 Å². The smallest absolute Gasteiger partial charge is 0.296 e. The van der Waals surface area contributed by atoms with E-state index in [1.807, 2.05) is 26.8 Å². The van der Waals surface area contributed by atoms with Gasteiger partial charge in [-0.25, -0.2) is 0 Å². The Labute approximate surface area is 125 Å². The number of ketones is 1. The molecule has 0 aromatic heterocycles. The number of rotatable bonds is 1. The van der Waals surface area contributed by atoms with Crippen LogP contribution in [0.25, 0.3) is 0 Å². The maximum Gasteiger partial charge on any atom is 0.296 e. The third-order valence-corrected chi connectivity index (χ3v) is 3.79. The van der Waals surface area contributed by atoms with Gasteiger partial charge in [0.2, 0.25) is 0 Å². The van der Waals surface area contributed by atoms with Crippen LogP contribution in [0.5, 0.6) is 0 Å². The summed E-state index contributed by atoms with van der Waals surface area (Å²) in [6, 6.07) is 2.03. The highest BCUT2D eigenvalue weighted by Crippen LogP contribution is 2.32. The molecule has 21 heavy (non-hydrogen) atoms. The summed E-state index contributed by atoms with van der Waals surface area (Å²) in [5.41, 5.74) is 4.29. The van der Waals surface area contributed by atoms with Crippen LogP contribution in [0.1, 0.15) is 34.0 Å². The second-order valence-corrected chi connectivity index (χ2v) is 5.23. The summed E-state index contributed by atoms with van der Waals surface area (Å²) in [4.78, 5) is 22.9. The average molecular weight is 290 g/mol. The molecule has 2 aliphatic rings. The molecule has 0 spiro atoms. The zero-order valence-electron chi connectivity index (χ0n) is 12.8. The fourth-order valence-corrected chi connectivity index (χ4v) is 2.60. The predicted molar refractivity (Wildman–Crippen MR) is 81.9 cm³/mol. The Balaban J connectivity index is 0.000000225. The van der Waals surface area contributed by atoms with E-state index in [0.717, 1.165) is 49.4 Å². The molecular weight excluding hydrogens is 268 g/mol. The van der Waals surface area contributed by atoms with E-state index in [0.29, 0.717) is 11.3 Å². The van der Waals surface area contributed by atoms with Crippen molar-refractivity contribution in [1.29, 1.82) is 0 Å². The van der Waals surface area contributed by atoms with E-state index < -0.39 is 11.7 Å². The molecule has 5 nitrogen and oxygen atoms in total. The fraction of sp³-hybridized carbons (Fsp3) is 0.500. The summed E-state index contributed by atoms with van der Waals surface area (Å²) >= 11 is 0. The van der Waals surface area contributed by atoms with Gasteiger partial charge in [0.05, 0.1) is 24.5 Å². The summed E-state index contributed by atoms with van der Waals surface area (Å²) in [6.07, 6.45) is 0.876. The Hall–Kier alpha value is -1.72. The Morgan fingerprint density at radius 2 is 1.86 bits per heavy atom. The Bertz CT molecular complexity index is 552. The van der Waals surface area contributed by atoms with Gasteiger partial charge in [0.25, 0.3) is 11.7 Å². The molecule has 0 atom stereocenters. The highest BCUT2D eigenvalue weighted by atomic mass is 16.5. The number of morpholine rings is 1. The molecule has 1 aromatic rings. The van der Waals surface area contributed by atoms with Crippen LogP contribution in [0.15, 0.2) is 6.07 Å². The van der Waals surface area contributed by atoms with Crippen LogP contribution in [-0.2, 0) is 16.0 Å². The van der Waals surface area contributed by atoms with E-state index in [9.17, 15) is 9.59 Å². The second kappa shape index (κ2) is 6.83. The third kappa shape index (κ3) is 3.31. The zero-order chi connectivity index (χ0) is 15.4. The number of carbonyl (C=O) groups is 2. The van der Waals surface area contributed by atoms with Crippen molar-refractivity contribution in [1.82, 2.24) is 5.32 Å². The molecule has 2 heterocycles. The largest absolute Gasteiger partial charge is 0.379 e. The molecule has 1 amide bonds. The lowest BCUT2D eigenvalue weighted by molar-refractivity contribution is -0.112. The summed E-state index contributed by atoms with van der Waals surface area (Å²) in [5.74, 6) is -0.912. The minimum atomic E-state index is -0.510. The number of hydrogen-bond acceptors (Lipinski definition) is 4. The van der Waals surface area contributed by atoms with Crippen LogP contribution >= 0.6 is 0 Å². The van der Waals surface area contributed by atoms with E-state index in [2.05, 4.69) is 10.6 Å². The van der Waals surface area contributed by atoms with Crippen molar-refractivity contribution < 1.29 is 14.3 Å². The van der Waals surface area contributed by atoms with Crippen molar-refractivity contribution in [2.75, 3.05) is 31.6 Å². The normalized spacial score (nSPS) is 16.9. The molecule has 1 aromatic carbocycles. The van der Waals surface area contributed by atoms with Gasteiger partial charge in [0, 0.05) is 13.1 Å². The number of benzene rings is 1. The monoisotopic (exact) mass is 290 g/mol. The molecule has 3 rings (SSSR count). The number of hydrogen-bond donors (Lipinski definition) is 2. The number of fused-ring (bicyclic) bond motifs is 1. The maximum atomic E-state index is 11.6.